The molecule has 2 unspecified atom stereocenters. The third-order valence-corrected chi connectivity index (χ3v) is 7.27. The van der Waals surface area contributed by atoms with Crippen LogP contribution < -0.4 is 5.73 Å². The monoisotopic (exact) mass is 511 g/mol. The van der Waals surface area contributed by atoms with Gasteiger partial charge in [0.1, 0.15) is 0 Å². The molecule has 0 spiro atoms. The van der Waals surface area contributed by atoms with Crippen molar-refractivity contribution in [3.63, 3.8) is 0 Å². The van der Waals surface area contributed by atoms with E-state index in [0.29, 0.717) is 6.54 Å². The van der Waals surface area contributed by atoms with Gasteiger partial charge in [0.2, 0.25) is 0 Å². The second-order valence-electron chi connectivity index (χ2n) is 9.74. The lowest BCUT2D eigenvalue weighted by molar-refractivity contribution is -0.167. The van der Waals surface area contributed by atoms with Crippen molar-refractivity contribution in [1.82, 2.24) is 0 Å². The second kappa shape index (κ2) is 19.8. The quantitative estimate of drug-likeness (QED) is 0.116. The van der Waals surface area contributed by atoms with Gasteiger partial charge in [0.05, 0.1) is 30.0 Å². The fourth-order valence-electron chi connectivity index (χ4n) is 3.39. The largest absolute Gasteiger partial charge is 0.374 e. The molecule has 0 aliphatic carbocycles. The number of hydrogen-bond acceptors (Lipinski definition) is 6. The van der Waals surface area contributed by atoms with Crippen molar-refractivity contribution in [3.05, 3.63) is 0 Å². The molecular weight excluding hydrogens is 456 g/mol. The van der Waals surface area contributed by atoms with Crippen LogP contribution in [0, 0.1) is 0 Å². The topological polar surface area (TPSA) is 72.2 Å². The number of hydrogen-bond donors (Lipinski definition) is 1. The molecule has 0 rings (SSSR count). The van der Waals surface area contributed by atoms with E-state index >= 15 is 0 Å². The zero-order valence-electron chi connectivity index (χ0n) is 22.9. The molecule has 2 atom stereocenters. The zero-order chi connectivity index (χ0) is 25.3. The average Bonchev–Trinajstić information content (AvgIpc) is 2.70. The van der Waals surface area contributed by atoms with E-state index in [1.807, 2.05) is 0 Å². The predicted molar refractivity (Wildman–Crippen MR) is 146 cm³/mol. The van der Waals surface area contributed by atoms with Gasteiger partial charge in [-0.15, -0.1) is 17.2 Å². The molecule has 0 saturated carbocycles. The van der Waals surface area contributed by atoms with Crippen LogP contribution in [0.2, 0.25) is 0 Å². The molecule has 200 valence electrons. The minimum atomic E-state index is -0.239. The Morgan fingerprint density at radius 3 is 1.30 bits per heavy atom. The highest BCUT2D eigenvalue weighted by Crippen LogP contribution is 2.29. The normalized spacial score (nSPS) is 15.3. The summed E-state index contributed by atoms with van der Waals surface area (Å²) in [6, 6.07) is 0. The summed E-state index contributed by atoms with van der Waals surface area (Å²) in [5.41, 5.74) is 6.04. The van der Waals surface area contributed by atoms with Crippen molar-refractivity contribution < 1.29 is 23.7 Å². The van der Waals surface area contributed by atoms with Gasteiger partial charge in [0.25, 0.3) is 0 Å². The van der Waals surface area contributed by atoms with Crippen LogP contribution in [0.3, 0.4) is 0 Å². The van der Waals surface area contributed by atoms with E-state index in [2.05, 4.69) is 62.3 Å². The fraction of sp³-hybridized carbons (Fsp3) is 1.00. The second-order valence-corrected chi connectivity index (χ2v) is 12.6. The SMILES string of the molecule is CCCOC(CN)(CCPCC(OC(C)C)OC(C)C)CCPCC(OC(C)C)OC(C)C. The van der Waals surface area contributed by atoms with Crippen LogP contribution in [0.25, 0.3) is 0 Å². The van der Waals surface area contributed by atoms with Crippen LogP contribution in [0.1, 0.15) is 81.6 Å². The predicted octanol–water partition coefficient (Wildman–Crippen LogP) is 5.60. The summed E-state index contributed by atoms with van der Waals surface area (Å²) in [4.78, 5) is 0. The van der Waals surface area contributed by atoms with Gasteiger partial charge in [-0.3, -0.25) is 0 Å². The van der Waals surface area contributed by atoms with E-state index in [1.54, 1.807) is 0 Å². The summed E-state index contributed by atoms with van der Waals surface area (Å²) in [5, 5.41) is 0. The Kier molecular flexibility index (Phi) is 20.1. The lowest BCUT2D eigenvalue weighted by Gasteiger charge is -2.33. The van der Waals surface area contributed by atoms with E-state index in [1.165, 1.54) is 0 Å². The first-order valence-corrected chi connectivity index (χ1v) is 15.7. The van der Waals surface area contributed by atoms with Crippen molar-refractivity contribution in [3.8, 4) is 0 Å². The number of nitrogens with two attached hydrogens (primary N) is 1. The van der Waals surface area contributed by atoms with Crippen molar-refractivity contribution in [2.24, 2.45) is 5.73 Å². The molecule has 0 radical (unpaired) electrons. The number of ether oxygens (including phenoxy) is 5. The molecule has 0 aliphatic heterocycles. The summed E-state index contributed by atoms with van der Waals surface area (Å²) < 4.78 is 30.1. The lowest BCUT2D eigenvalue weighted by Crippen LogP contribution is -2.42. The maximum atomic E-state index is 6.36. The highest BCUT2D eigenvalue weighted by atomic mass is 31.1. The molecule has 0 aromatic heterocycles. The minimum Gasteiger partial charge on any atom is -0.374 e. The molecule has 0 aromatic rings. The van der Waals surface area contributed by atoms with Gasteiger partial charge in [-0.25, -0.2) is 0 Å². The molecule has 33 heavy (non-hydrogen) atoms. The molecule has 0 fully saturated rings. The van der Waals surface area contributed by atoms with Crippen molar-refractivity contribution in [1.29, 1.82) is 0 Å². The molecule has 0 aromatic carbocycles. The molecular formula is C25H55NO5P2. The first kappa shape index (κ1) is 33.6. The zero-order valence-corrected chi connectivity index (χ0v) is 24.9. The minimum absolute atomic E-state index is 0.132. The Balaban J connectivity index is 4.71. The molecule has 0 heterocycles. The van der Waals surface area contributed by atoms with Gasteiger partial charge in [-0.1, -0.05) is 6.92 Å². The maximum absolute atomic E-state index is 6.36. The third-order valence-electron chi connectivity index (χ3n) is 4.82. The molecule has 0 bridgehead atoms. The van der Waals surface area contributed by atoms with Crippen LogP contribution >= 0.6 is 17.2 Å². The van der Waals surface area contributed by atoms with E-state index in [-0.39, 0.29) is 42.6 Å². The molecule has 0 amide bonds. The summed E-state index contributed by atoms with van der Waals surface area (Å²) in [7, 11) is 1.53. The van der Waals surface area contributed by atoms with Gasteiger partial charge in [-0.05, 0) is 87.0 Å². The fourth-order valence-corrected chi connectivity index (χ4v) is 5.92. The highest BCUT2D eigenvalue weighted by molar-refractivity contribution is 7.38. The third kappa shape index (κ3) is 18.5. The summed E-state index contributed by atoms with van der Waals surface area (Å²) in [6.45, 7) is 19.9. The maximum Gasteiger partial charge on any atom is 0.161 e. The summed E-state index contributed by atoms with van der Waals surface area (Å²) >= 11 is 0. The Hall–Kier alpha value is 0.620. The van der Waals surface area contributed by atoms with E-state index in [4.69, 9.17) is 29.4 Å². The van der Waals surface area contributed by atoms with Gasteiger partial charge in [0, 0.05) is 25.5 Å². The van der Waals surface area contributed by atoms with E-state index in [9.17, 15) is 0 Å². The van der Waals surface area contributed by atoms with Crippen molar-refractivity contribution in [2.45, 2.75) is 124 Å². The lowest BCUT2D eigenvalue weighted by atomic mass is 9.97. The van der Waals surface area contributed by atoms with Crippen molar-refractivity contribution in [2.75, 3.05) is 37.8 Å². The van der Waals surface area contributed by atoms with Gasteiger partial charge >= 0.3 is 0 Å². The van der Waals surface area contributed by atoms with Crippen LogP contribution in [-0.4, -0.2) is 80.4 Å². The van der Waals surface area contributed by atoms with Gasteiger partial charge < -0.3 is 29.4 Å². The smallest absolute Gasteiger partial charge is 0.161 e. The van der Waals surface area contributed by atoms with E-state index < -0.39 is 0 Å². The average molecular weight is 512 g/mol. The highest BCUT2D eigenvalue weighted by Gasteiger charge is 2.29. The van der Waals surface area contributed by atoms with Crippen LogP contribution in [0.4, 0.5) is 0 Å². The summed E-state index contributed by atoms with van der Waals surface area (Å²) in [5.74, 6) is 0. The molecule has 2 N–H and O–H groups in total. The Morgan fingerprint density at radius 2 is 1.03 bits per heavy atom. The summed E-state index contributed by atoms with van der Waals surface area (Å²) in [6.07, 6.45) is 7.38. The van der Waals surface area contributed by atoms with Gasteiger partial charge in [-0.2, -0.15) is 0 Å². The van der Waals surface area contributed by atoms with Crippen LogP contribution in [-0.2, 0) is 23.7 Å². The standard InChI is InChI=1S/C25H55NO5P2/c1-10-13-27-25(18-26,11-14-32-16-23(28-19(2)3)29-20(4)5)12-15-33-17-24(30-21(6)7)31-22(8)9/h19-24,32-33H,10-18,26H2,1-9H3. The molecule has 0 aliphatic rings. The van der Waals surface area contributed by atoms with Crippen LogP contribution in [0.5, 0.6) is 0 Å². The Morgan fingerprint density at radius 1 is 0.667 bits per heavy atom. The van der Waals surface area contributed by atoms with Gasteiger partial charge in [0.15, 0.2) is 12.6 Å². The number of rotatable bonds is 22. The van der Waals surface area contributed by atoms with Crippen molar-refractivity contribution >= 4 is 17.2 Å². The molecule has 6 nitrogen and oxygen atoms in total. The Labute approximate surface area is 208 Å². The Bertz CT molecular complexity index is 401. The molecule has 8 heteroatoms. The molecule has 0 saturated heterocycles. The first-order chi connectivity index (χ1) is 15.5. The van der Waals surface area contributed by atoms with Crippen LogP contribution in [0.15, 0.2) is 0 Å². The van der Waals surface area contributed by atoms with E-state index in [0.717, 1.165) is 67.7 Å². The first-order valence-electron chi connectivity index (χ1n) is 12.9.